The van der Waals surface area contributed by atoms with Crippen molar-refractivity contribution >= 4 is 22.8 Å². The number of hydrogen-bond donors (Lipinski definition) is 0. The van der Waals surface area contributed by atoms with Gasteiger partial charge in [0.1, 0.15) is 17.5 Å². The normalized spacial score (nSPS) is 15.3. The average Bonchev–Trinajstić information content (AvgIpc) is 3.17. The van der Waals surface area contributed by atoms with Crippen molar-refractivity contribution < 1.29 is 9.18 Å². The summed E-state index contributed by atoms with van der Waals surface area (Å²) in [4.78, 5) is 27.0. The fourth-order valence-electron chi connectivity index (χ4n) is 4.42. The van der Waals surface area contributed by atoms with Crippen molar-refractivity contribution in [3.8, 4) is 5.69 Å². The summed E-state index contributed by atoms with van der Waals surface area (Å²) in [5.74, 6) is 1.46. The van der Waals surface area contributed by atoms with Crippen molar-refractivity contribution in [2.24, 2.45) is 0 Å². The lowest BCUT2D eigenvalue weighted by molar-refractivity contribution is 0.0767. The van der Waals surface area contributed by atoms with Crippen molar-refractivity contribution in [2.75, 3.05) is 31.1 Å². The van der Waals surface area contributed by atoms with Crippen molar-refractivity contribution in [3.63, 3.8) is 0 Å². The predicted octanol–water partition coefficient (Wildman–Crippen LogP) is 4.82. The Morgan fingerprint density at radius 1 is 1.00 bits per heavy atom. The number of para-hydroxylation sites is 1. The molecule has 7 nitrogen and oxygen atoms in total. The first-order valence-corrected chi connectivity index (χ1v) is 12.2. The molecule has 2 aromatic heterocycles. The molecule has 1 amide bonds. The third-order valence-corrected chi connectivity index (χ3v) is 6.65. The van der Waals surface area contributed by atoms with Gasteiger partial charge in [0.25, 0.3) is 5.91 Å². The Hall–Kier alpha value is -3.81. The Labute approximate surface area is 204 Å². The molecule has 8 heteroatoms. The van der Waals surface area contributed by atoms with Gasteiger partial charge in [0.15, 0.2) is 5.65 Å². The number of carbonyl (C=O) groups is 1. The Morgan fingerprint density at radius 2 is 1.77 bits per heavy atom. The van der Waals surface area contributed by atoms with E-state index in [1.807, 2.05) is 46.1 Å². The molecular weight excluding hydrogens is 443 g/mol. The third kappa shape index (κ3) is 4.60. The van der Waals surface area contributed by atoms with Gasteiger partial charge in [0.05, 0.1) is 17.3 Å². The van der Waals surface area contributed by atoms with Gasteiger partial charge in [0.2, 0.25) is 0 Å². The maximum Gasteiger partial charge on any atom is 0.253 e. The molecule has 1 saturated heterocycles. The highest BCUT2D eigenvalue weighted by atomic mass is 19.1. The maximum atomic E-state index is 13.3. The molecule has 0 N–H and O–H groups in total. The molecule has 0 unspecified atom stereocenters. The lowest BCUT2D eigenvalue weighted by Crippen LogP contribution is -2.35. The summed E-state index contributed by atoms with van der Waals surface area (Å²) in [6.45, 7) is 6.90. The quantitative estimate of drug-likeness (QED) is 0.417. The van der Waals surface area contributed by atoms with Gasteiger partial charge in [-0.3, -0.25) is 4.79 Å². The van der Waals surface area contributed by atoms with E-state index >= 15 is 0 Å². The van der Waals surface area contributed by atoms with E-state index in [0.717, 1.165) is 47.7 Å². The molecule has 2 aromatic carbocycles. The summed E-state index contributed by atoms with van der Waals surface area (Å²) in [7, 11) is 0. The number of halogens is 1. The topological polar surface area (TPSA) is 67.2 Å². The summed E-state index contributed by atoms with van der Waals surface area (Å²) in [5, 5.41) is 5.56. The molecule has 4 aromatic rings. The van der Waals surface area contributed by atoms with Crippen molar-refractivity contribution in [3.05, 3.63) is 78.0 Å². The smallest absolute Gasteiger partial charge is 0.253 e. The summed E-state index contributed by atoms with van der Waals surface area (Å²) in [6, 6.07) is 15.7. The highest BCUT2D eigenvalue weighted by Crippen LogP contribution is 2.29. The largest absolute Gasteiger partial charge is 0.354 e. The van der Waals surface area contributed by atoms with Crippen LogP contribution in [0.3, 0.4) is 0 Å². The van der Waals surface area contributed by atoms with Gasteiger partial charge in [-0.15, -0.1) is 0 Å². The van der Waals surface area contributed by atoms with Gasteiger partial charge < -0.3 is 9.80 Å². The first kappa shape index (κ1) is 23.0. The highest BCUT2D eigenvalue weighted by molar-refractivity contribution is 5.94. The van der Waals surface area contributed by atoms with Crippen LogP contribution in [0, 0.1) is 5.82 Å². The van der Waals surface area contributed by atoms with Crippen molar-refractivity contribution in [1.82, 2.24) is 24.6 Å². The number of anilines is 1. The molecule has 0 saturated carbocycles. The Bertz CT molecular complexity index is 1320. The van der Waals surface area contributed by atoms with Crippen LogP contribution in [0.5, 0.6) is 0 Å². The van der Waals surface area contributed by atoms with Crippen LogP contribution in [-0.4, -0.2) is 56.7 Å². The minimum Gasteiger partial charge on any atom is -0.354 e. The zero-order valence-corrected chi connectivity index (χ0v) is 20.1. The minimum atomic E-state index is -0.343. The van der Waals surface area contributed by atoms with Gasteiger partial charge in [-0.25, -0.2) is 19.0 Å². The molecule has 0 radical (unpaired) electrons. The van der Waals surface area contributed by atoms with E-state index in [2.05, 4.69) is 23.8 Å². The number of carbonyl (C=O) groups excluding carboxylic acids is 1. The van der Waals surface area contributed by atoms with Crippen molar-refractivity contribution in [2.45, 2.75) is 32.6 Å². The molecule has 35 heavy (non-hydrogen) atoms. The minimum absolute atomic E-state index is 0.0723. The van der Waals surface area contributed by atoms with Crippen LogP contribution in [0.25, 0.3) is 16.7 Å². The van der Waals surface area contributed by atoms with Gasteiger partial charge in [-0.05, 0) is 49.2 Å². The summed E-state index contributed by atoms with van der Waals surface area (Å²) in [5.41, 5.74) is 2.25. The summed E-state index contributed by atoms with van der Waals surface area (Å²) < 4.78 is 15.2. The van der Waals surface area contributed by atoms with E-state index in [4.69, 9.17) is 9.97 Å². The monoisotopic (exact) mass is 472 g/mol. The number of fused-ring (bicyclic) bond motifs is 1. The first-order valence-electron chi connectivity index (χ1n) is 12.2. The van der Waals surface area contributed by atoms with E-state index in [1.54, 1.807) is 12.1 Å². The number of aromatic nitrogens is 4. The fourth-order valence-corrected chi connectivity index (χ4v) is 4.42. The Kier molecular flexibility index (Phi) is 6.44. The van der Waals surface area contributed by atoms with Crippen LogP contribution in [0.15, 0.2) is 60.8 Å². The molecule has 1 fully saturated rings. The molecule has 3 heterocycles. The maximum absolute atomic E-state index is 13.3. The molecule has 180 valence electrons. The summed E-state index contributed by atoms with van der Waals surface area (Å²) in [6.07, 6.45) is 3.58. The van der Waals surface area contributed by atoms with Gasteiger partial charge in [-0.1, -0.05) is 32.0 Å². The third-order valence-electron chi connectivity index (χ3n) is 6.65. The van der Waals surface area contributed by atoms with Gasteiger partial charge in [-0.2, -0.15) is 5.10 Å². The van der Waals surface area contributed by atoms with Crippen LogP contribution < -0.4 is 4.90 Å². The lowest BCUT2D eigenvalue weighted by Gasteiger charge is -2.24. The van der Waals surface area contributed by atoms with Crippen LogP contribution in [-0.2, 0) is 0 Å². The van der Waals surface area contributed by atoms with Gasteiger partial charge in [0, 0.05) is 37.7 Å². The fraction of sp³-hybridized carbons (Fsp3) is 0.333. The number of rotatable bonds is 5. The first-order chi connectivity index (χ1) is 17.0. The van der Waals surface area contributed by atoms with Crippen molar-refractivity contribution in [1.29, 1.82) is 0 Å². The van der Waals surface area contributed by atoms with E-state index in [9.17, 15) is 9.18 Å². The number of hydrogen-bond acceptors (Lipinski definition) is 5. The van der Waals surface area contributed by atoms with E-state index in [0.29, 0.717) is 25.2 Å². The second kappa shape index (κ2) is 9.82. The molecule has 0 spiro atoms. The second-order valence-corrected chi connectivity index (χ2v) is 8.98. The van der Waals surface area contributed by atoms with E-state index in [1.165, 1.54) is 12.1 Å². The molecule has 1 aliphatic heterocycles. The standard InChI is InChI=1S/C27H29FN6O/c1-3-19(2)24-30-25(23-18-29-34(26(23)31-24)22-8-5-4-6-9-22)32-14-7-15-33(17-16-32)27(35)20-10-12-21(28)13-11-20/h4-6,8-13,18-19H,3,7,14-17H2,1-2H3/t19-/m0/s1. The average molecular weight is 473 g/mol. The molecule has 1 atom stereocenters. The second-order valence-electron chi connectivity index (χ2n) is 8.98. The SMILES string of the molecule is CC[C@H](C)c1nc(N2CCCN(C(=O)c3ccc(F)cc3)CC2)c2cnn(-c3ccccc3)c2n1. The zero-order valence-electron chi connectivity index (χ0n) is 20.1. The molecule has 0 bridgehead atoms. The Balaban J connectivity index is 1.47. The van der Waals surface area contributed by atoms with Crippen LogP contribution >= 0.6 is 0 Å². The number of nitrogens with zero attached hydrogens (tertiary/aromatic N) is 6. The van der Waals surface area contributed by atoms with E-state index in [-0.39, 0.29) is 17.6 Å². The highest BCUT2D eigenvalue weighted by Gasteiger charge is 2.25. The van der Waals surface area contributed by atoms with Gasteiger partial charge >= 0.3 is 0 Å². The molecular formula is C27H29FN6O. The predicted molar refractivity (Wildman–Crippen MR) is 134 cm³/mol. The molecule has 1 aliphatic rings. The van der Waals surface area contributed by atoms with Crippen LogP contribution in [0.2, 0.25) is 0 Å². The van der Waals surface area contributed by atoms with E-state index < -0.39 is 0 Å². The number of amides is 1. The zero-order chi connectivity index (χ0) is 24.4. The molecule has 0 aliphatic carbocycles. The number of benzene rings is 2. The van der Waals surface area contributed by atoms with Crippen LogP contribution in [0.4, 0.5) is 10.2 Å². The van der Waals surface area contributed by atoms with Crippen LogP contribution in [0.1, 0.15) is 48.8 Å². The Morgan fingerprint density at radius 3 is 2.51 bits per heavy atom. The molecule has 5 rings (SSSR count). The summed E-state index contributed by atoms with van der Waals surface area (Å²) >= 11 is 0. The lowest BCUT2D eigenvalue weighted by atomic mass is 10.1.